The van der Waals surface area contributed by atoms with Crippen molar-refractivity contribution in [3.05, 3.63) is 305 Å². The van der Waals surface area contributed by atoms with Crippen molar-refractivity contribution in [2.24, 2.45) is 4.99 Å². The third-order valence-electron chi connectivity index (χ3n) is 12.6. The Hall–Kier alpha value is -8.53. The van der Waals surface area contributed by atoms with E-state index in [1.165, 1.54) is 39.0 Å². The van der Waals surface area contributed by atoms with Crippen LogP contribution in [0.25, 0.3) is 50.4 Å². The Labute approximate surface area is 387 Å². The van der Waals surface area contributed by atoms with E-state index in [4.69, 9.17) is 4.99 Å². The first-order valence-electron chi connectivity index (χ1n) is 22.7. The topological polar surface area (TPSA) is 36.4 Å². The lowest BCUT2D eigenvalue weighted by Crippen LogP contribution is -2.27. The average molecular weight is 846 g/mol. The van der Waals surface area contributed by atoms with Crippen LogP contribution in [0.5, 0.6) is 0 Å². The molecule has 2 aliphatic rings. The van der Waals surface area contributed by atoms with Crippen LogP contribution in [-0.2, 0) is 0 Å². The Kier molecular flexibility index (Phi) is 11.2. The molecule has 0 aromatic heterocycles. The molecule has 0 spiro atoms. The summed E-state index contributed by atoms with van der Waals surface area (Å²) in [5, 5.41) is 7.91. The highest BCUT2D eigenvalue weighted by molar-refractivity contribution is 6.24. The number of hydrogen-bond acceptors (Lipinski definition) is 3. The molecule has 0 aliphatic carbocycles. The van der Waals surface area contributed by atoms with Crippen molar-refractivity contribution in [1.29, 1.82) is 0 Å². The van der Waals surface area contributed by atoms with Crippen molar-refractivity contribution < 1.29 is 0 Å². The van der Waals surface area contributed by atoms with Crippen molar-refractivity contribution in [3.8, 4) is 22.3 Å². The maximum atomic E-state index is 5.30. The predicted molar refractivity (Wildman–Crippen MR) is 276 cm³/mol. The molecule has 66 heavy (non-hydrogen) atoms. The molecule has 11 rings (SSSR count). The predicted octanol–water partition coefficient (Wildman–Crippen LogP) is 15.0. The fourth-order valence-corrected chi connectivity index (χ4v) is 9.43. The Bertz CT molecular complexity index is 3230. The minimum absolute atomic E-state index is 0.0980. The summed E-state index contributed by atoms with van der Waals surface area (Å²) in [6.07, 6.45) is 1.91. The smallest absolute Gasteiger partial charge is 0.145 e. The molecule has 0 saturated carbocycles. The fraction of sp³-hybridized carbons (Fsp3) is 0.0317. The second kappa shape index (κ2) is 18.3. The van der Waals surface area contributed by atoms with E-state index >= 15 is 0 Å². The van der Waals surface area contributed by atoms with Crippen LogP contribution in [0.2, 0.25) is 0 Å². The first-order chi connectivity index (χ1) is 32.7. The molecule has 0 bridgehead atoms. The summed E-state index contributed by atoms with van der Waals surface area (Å²) in [5.74, 6) is 0. The van der Waals surface area contributed by atoms with Gasteiger partial charge in [-0.3, -0.25) is 4.99 Å². The summed E-state index contributed by atoms with van der Waals surface area (Å²) in [5.41, 5.74) is 20.6. The summed E-state index contributed by atoms with van der Waals surface area (Å²) in [4.78, 5) is 5.30. The third-order valence-corrected chi connectivity index (χ3v) is 12.6. The van der Waals surface area contributed by atoms with Gasteiger partial charge in [-0.1, -0.05) is 255 Å². The molecular weight excluding hydrogens is 799 g/mol. The molecule has 9 aromatic carbocycles. The molecule has 314 valence electrons. The number of allylic oxidation sites excluding steroid dienone is 3. The Morgan fingerprint density at radius 2 is 0.742 bits per heavy atom. The van der Waals surface area contributed by atoms with Gasteiger partial charge in [-0.2, -0.15) is 0 Å². The second-order valence-electron chi connectivity index (χ2n) is 16.7. The zero-order valence-electron chi connectivity index (χ0n) is 36.4. The SMILES string of the molecule is C1=C(c2ccccc2-c2ccccc2)NC(c2ccc(-c3ccc(C4=C(c5ccccc5)C(c5ccccc5)NC(c5ccccc5)=C4c4ccccc4)cc3)cc2)N=C1c1ccccc1. The molecule has 3 heteroatoms. The summed E-state index contributed by atoms with van der Waals surface area (Å²) in [7, 11) is 0. The average Bonchev–Trinajstić information content (AvgIpc) is 3.41. The van der Waals surface area contributed by atoms with Gasteiger partial charge in [-0.15, -0.1) is 0 Å². The van der Waals surface area contributed by atoms with E-state index < -0.39 is 0 Å². The van der Waals surface area contributed by atoms with E-state index in [0.717, 1.165) is 61.6 Å². The van der Waals surface area contributed by atoms with Crippen LogP contribution in [0.4, 0.5) is 0 Å². The Morgan fingerprint density at radius 1 is 0.303 bits per heavy atom. The van der Waals surface area contributed by atoms with Crippen LogP contribution in [-0.4, -0.2) is 5.71 Å². The summed E-state index contributed by atoms with van der Waals surface area (Å²) in [6.45, 7) is 0. The molecule has 2 unspecified atom stereocenters. The van der Waals surface area contributed by atoms with Crippen LogP contribution in [0.1, 0.15) is 56.7 Å². The van der Waals surface area contributed by atoms with Gasteiger partial charge in [0.15, 0.2) is 0 Å². The van der Waals surface area contributed by atoms with E-state index in [1.807, 2.05) is 0 Å². The van der Waals surface area contributed by atoms with Crippen molar-refractivity contribution in [1.82, 2.24) is 10.6 Å². The fourth-order valence-electron chi connectivity index (χ4n) is 9.43. The standard InChI is InChI=1S/C63H47N3/c1-7-21-46(22-8-1)54-33-19-20-34-55(54)57-43-56(47-23-9-2-10-24-47)64-63(65-57)53-41-37-45(38-42-53)44-35-39-50(40-36-44)58-59(48-25-11-3-12-26-48)61(51-29-15-5-16-30-51)66-62(52-31-17-6-18-32-52)60(58)49-27-13-4-14-28-49/h1-43,61,63,65-66H. The van der Waals surface area contributed by atoms with Gasteiger partial charge < -0.3 is 10.6 Å². The van der Waals surface area contributed by atoms with Crippen LogP contribution in [0.3, 0.4) is 0 Å². The first-order valence-corrected chi connectivity index (χ1v) is 22.7. The van der Waals surface area contributed by atoms with E-state index in [2.05, 4.69) is 271 Å². The van der Waals surface area contributed by atoms with Crippen molar-refractivity contribution in [2.45, 2.75) is 12.2 Å². The Morgan fingerprint density at radius 3 is 1.33 bits per heavy atom. The summed E-state index contributed by atoms with van der Waals surface area (Å²) < 4.78 is 0. The van der Waals surface area contributed by atoms with Crippen LogP contribution >= 0.6 is 0 Å². The van der Waals surface area contributed by atoms with Gasteiger partial charge in [-0.25, -0.2) is 0 Å². The molecule has 2 aliphatic heterocycles. The van der Waals surface area contributed by atoms with Crippen LogP contribution in [0, 0.1) is 0 Å². The van der Waals surface area contributed by atoms with E-state index in [1.54, 1.807) is 0 Å². The van der Waals surface area contributed by atoms with E-state index in [-0.39, 0.29) is 12.2 Å². The number of hydrogen-bond donors (Lipinski definition) is 2. The number of benzene rings is 9. The lowest BCUT2D eigenvalue weighted by molar-refractivity contribution is 0.664. The van der Waals surface area contributed by atoms with Crippen molar-refractivity contribution in [3.63, 3.8) is 0 Å². The number of dihydropyridines is 1. The number of rotatable bonds is 10. The van der Waals surface area contributed by atoms with Crippen LogP contribution in [0.15, 0.2) is 266 Å². The molecular formula is C63H47N3. The lowest BCUT2D eigenvalue weighted by atomic mass is 9.77. The Balaban J connectivity index is 0.988. The van der Waals surface area contributed by atoms with Crippen LogP contribution < -0.4 is 10.6 Å². The van der Waals surface area contributed by atoms with Crippen molar-refractivity contribution >= 4 is 33.8 Å². The van der Waals surface area contributed by atoms with E-state index in [9.17, 15) is 0 Å². The normalized spacial score (nSPS) is 15.9. The van der Waals surface area contributed by atoms with Gasteiger partial charge in [0.2, 0.25) is 0 Å². The van der Waals surface area contributed by atoms with Gasteiger partial charge >= 0.3 is 0 Å². The minimum Gasteiger partial charge on any atom is -0.373 e. The highest BCUT2D eigenvalue weighted by Crippen LogP contribution is 2.50. The van der Waals surface area contributed by atoms with Gasteiger partial charge in [0, 0.05) is 16.8 Å². The van der Waals surface area contributed by atoms with Gasteiger partial charge in [0.25, 0.3) is 0 Å². The van der Waals surface area contributed by atoms with E-state index in [0.29, 0.717) is 0 Å². The maximum Gasteiger partial charge on any atom is 0.145 e. The monoisotopic (exact) mass is 845 g/mol. The summed E-state index contributed by atoms with van der Waals surface area (Å²) in [6, 6.07) is 90.9. The van der Waals surface area contributed by atoms with Gasteiger partial charge in [-0.05, 0) is 78.4 Å². The zero-order chi connectivity index (χ0) is 44.1. The molecule has 3 nitrogen and oxygen atoms in total. The third kappa shape index (κ3) is 8.11. The molecule has 0 amide bonds. The number of aliphatic imine (C=N–C) groups is 1. The molecule has 0 fully saturated rings. The zero-order valence-corrected chi connectivity index (χ0v) is 36.4. The highest BCUT2D eigenvalue weighted by atomic mass is 15.1. The molecule has 9 aromatic rings. The molecule has 0 saturated heterocycles. The quantitative estimate of drug-likeness (QED) is 0.144. The first kappa shape index (κ1) is 40.3. The molecule has 2 atom stereocenters. The van der Waals surface area contributed by atoms with Crippen molar-refractivity contribution in [2.75, 3.05) is 0 Å². The maximum absolute atomic E-state index is 5.30. The number of nitrogens with zero attached hydrogens (tertiary/aromatic N) is 1. The summed E-state index contributed by atoms with van der Waals surface area (Å²) >= 11 is 0. The molecule has 0 radical (unpaired) electrons. The number of nitrogens with one attached hydrogen (secondary N) is 2. The highest BCUT2D eigenvalue weighted by Gasteiger charge is 2.33. The molecule has 2 heterocycles. The largest absolute Gasteiger partial charge is 0.373 e. The molecule has 2 N–H and O–H groups in total. The van der Waals surface area contributed by atoms with Gasteiger partial charge in [0.05, 0.1) is 17.5 Å². The van der Waals surface area contributed by atoms with Gasteiger partial charge in [0.1, 0.15) is 6.17 Å². The lowest BCUT2D eigenvalue weighted by Gasteiger charge is -2.36. The minimum atomic E-state index is -0.275. The second-order valence-corrected chi connectivity index (χ2v) is 16.7.